The number of hydrogen-bond acceptors (Lipinski definition) is 1. The van der Waals surface area contributed by atoms with Crippen LogP contribution in [0.3, 0.4) is 0 Å². The highest BCUT2D eigenvalue weighted by molar-refractivity contribution is 4.40. The first-order valence-electron chi connectivity index (χ1n) is 2.45. The van der Waals surface area contributed by atoms with Gasteiger partial charge in [-0.25, -0.2) is 0 Å². The van der Waals surface area contributed by atoms with Gasteiger partial charge in [0.25, 0.3) is 0 Å². The molecule has 0 radical (unpaired) electrons. The molecule has 0 aromatic carbocycles. The zero-order chi connectivity index (χ0) is 4.99. The molecule has 0 bridgehead atoms. The molecule has 46 valence electrons. The second-order valence-corrected chi connectivity index (χ2v) is 1.64. The van der Waals surface area contributed by atoms with Crippen LogP contribution in [0.4, 0.5) is 0 Å². The fourth-order valence-electron chi connectivity index (χ4n) is 0.418. The lowest BCUT2D eigenvalue weighted by molar-refractivity contribution is 0.183. The summed E-state index contributed by atoms with van der Waals surface area (Å²) in [5.74, 6) is 0. The molecule has 2 heteroatoms. The van der Waals surface area contributed by atoms with E-state index in [1.807, 2.05) is 6.92 Å². The Kier molecular flexibility index (Phi) is 8.47. The Morgan fingerprint density at radius 1 is 1.57 bits per heavy atom. The van der Waals surface area contributed by atoms with E-state index in [0.29, 0.717) is 0 Å². The number of rotatable bonds is 2. The molecule has 0 aromatic rings. The number of aliphatic hydroxyl groups excluding tert-OH is 1. The van der Waals surface area contributed by atoms with Crippen molar-refractivity contribution in [3.8, 4) is 0 Å². The second kappa shape index (κ2) is 5.92. The van der Waals surface area contributed by atoms with E-state index in [2.05, 4.69) is 6.92 Å². The average Bonchev–Trinajstić information content (AvgIpc) is 1.35. The van der Waals surface area contributed by atoms with Crippen molar-refractivity contribution >= 4 is 0 Å². The maximum Gasteiger partial charge on any atom is 0.0512 e. The largest absolute Gasteiger partial charge is 0.412 e. The molecule has 3 N–H and O–H groups in total. The standard InChI is InChI=1S/C5H12O.H2O/c1-3-4-5(2)6;/h5-6H,3-4H2,1-2H3;1H2. The lowest BCUT2D eigenvalue weighted by Crippen LogP contribution is -1.95. The van der Waals surface area contributed by atoms with Crippen molar-refractivity contribution in [3.63, 3.8) is 0 Å². The normalized spacial score (nSPS) is 12.4. The molecule has 0 aliphatic carbocycles. The molecule has 2 nitrogen and oxygen atoms in total. The Balaban J connectivity index is 0. The number of hydrogen-bond donors (Lipinski definition) is 1. The smallest absolute Gasteiger partial charge is 0.0512 e. The predicted octanol–water partition coefficient (Wildman–Crippen LogP) is 0.343. The van der Waals surface area contributed by atoms with Crippen LogP contribution in [0.1, 0.15) is 26.7 Å². The van der Waals surface area contributed by atoms with E-state index in [1.165, 1.54) is 0 Å². The highest BCUT2D eigenvalue weighted by atomic mass is 16.3. The molecule has 0 amide bonds. The minimum atomic E-state index is -0.102. The SMILES string of the molecule is CCCC(C)O.O. The average molecular weight is 106 g/mol. The summed E-state index contributed by atoms with van der Waals surface area (Å²) >= 11 is 0. The lowest BCUT2D eigenvalue weighted by Gasteiger charge is -1.95. The maximum absolute atomic E-state index is 8.55. The van der Waals surface area contributed by atoms with Crippen LogP contribution in [-0.4, -0.2) is 16.7 Å². The van der Waals surface area contributed by atoms with E-state index < -0.39 is 0 Å². The van der Waals surface area contributed by atoms with Gasteiger partial charge in [-0.05, 0) is 13.3 Å². The van der Waals surface area contributed by atoms with Crippen molar-refractivity contribution in [2.24, 2.45) is 0 Å². The minimum absolute atomic E-state index is 0. The fourth-order valence-corrected chi connectivity index (χ4v) is 0.418. The second-order valence-electron chi connectivity index (χ2n) is 1.64. The summed E-state index contributed by atoms with van der Waals surface area (Å²) in [6.07, 6.45) is 1.91. The molecule has 0 aliphatic heterocycles. The molecule has 1 unspecified atom stereocenters. The van der Waals surface area contributed by atoms with E-state index in [1.54, 1.807) is 0 Å². The molecule has 7 heavy (non-hydrogen) atoms. The topological polar surface area (TPSA) is 51.7 Å². The molecule has 0 saturated heterocycles. The fraction of sp³-hybridized carbons (Fsp3) is 1.00. The Morgan fingerprint density at radius 2 is 2.00 bits per heavy atom. The Labute approximate surface area is 44.5 Å². The van der Waals surface area contributed by atoms with E-state index >= 15 is 0 Å². The Bertz CT molecular complexity index is 27.3. The van der Waals surface area contributed by atoms with Gasteiger partial charge in [0.05, 0.1) is 6.10 Å². The third kappa shape index (κ3) is 10.7. The van der Waals surface area contributed by atoms with E-state index in [-0.39, 0.29) is 11.6 Å². The summed E-state index contributed by atoms with van der Waals surface area (Å²) in [5.41, 5.74) is 0. The van der Waals surface area contributed by atoms with Gasteiger partial charge >= 0.3 is 0 Å². The summed E-state index contributed by atoms with van der Waals surface area (Å²) in [5, 5.41) is 8.55. The first-order chi connectivity index (χ1) is 2.77. The maximum atomic E-state index is 8.55. The minimum Gasteiger partial charge on any atom is -0.412 e. The molecule has 0 aliphatic rings. The molecular weight excluding hydrogens is 92.1 g/mol. The Morgan fingerprint density at radius 3 is 2.00 bits per heavy atom. The summed E-state index contributed by atoms with van der Waals surface area (Å²) < 4.78 is 0. The molecule has 0 heterocycles. The van der Waals surface area contributed by atoms with Gasteiger partial charge in [-0.2, -0.15) is 0 Å². The molecule has 0 spiro atoms. The van der Waals surface area contributed by atoms with Crippen LogP contribution in [0.2, 0.25) is 0 Å². The predicted molar refractivity (Wildman–Crippen MR) is 30.2 cm³/mol. The van der Waals surface area contributed by atoms with Crippen LogP contribution < -0.4 is 0 Å². The van der Waals surface area contributed by atoms with Gasteiger partial charge in [0.1, 0.15) is 0 Å². The van der Waals surface area contributed by atoms with Gasteiger partial charge in [-0.1, -0.05) is 13.3 Å². The Hall–Kier alpha value is -0.0800. The van der Waals surface area contributed by atoms with E-state index in [0.717, 1.165) is 12.8 Å². The summed E-state index contributed by atoms with van der Waals surface area (Å²) in [7, 11) is 0. The molecule has 0 fully saturated rings. The van der Waals surface area contributed by atoms with Crippen molar-refractivity contribution in [1.29, 1.82) is 0 Å². The highest BCUT2D eigenvalue weighted by Gasteiger charge is 1.87. The first-order valence-corrected chi connectivity index (χ1v) is 2.45. The summed E-state index contributed by atoms with van der Waals surface area (Å²) in [4.78, 5) is 0. The third-order valence-corrected chi connectivity index (χ3v) is 0.706. The molecule has 1 atom stereocenters. The van der Waals surface area contributed by atoms with Gasteiger partial charge in [-0.3, -0.25) is 0 Å². The van der Waals surface area contributed by atoms with Gasteiger partial charge in [0.15, 0.2) is 0 Å². The summed E-state index contributed by atoms with van der Waals surface area (Å²) in [6, 6.07) is 0. The van der Waals surface area contributed by atoms with Crippen molar-refractivity contribution in [2.45, 2.75) is 32.8 Å². The first kappa shape index (κ1) is 10.0. The molecule has 0 saturated carbocycles. The van der Waals surface area contributed by atoms with E-state index in [9.17, 15) is 0 Å². The molecular formula is C5H14O2. The zero-order valence-electron chi connectivity index (χ0n) is 4.94. The lowest BCUT2D eigenvalue weighted by atomic mass is 10.2. The van der Waals surface area contributed by atoms with Crippen LogP contribution in [0.25, 0.3) is 0 Å². The van der Waals surface area contributed by atoms with Crippen LogP contribution in [0.15, 0.2) is 0 Å². The molecule has 0 rings (SSSR count). The van der Waals surface area contributed by atoms with Crippen LogP contribution >= 0.6 is 0 Å². The zero-order valence-corrected chi connectivity index (χ0v) is 4.94. The van der Waals surface area contributed by atoms with Gasteiger partial charge in [-0.15, -0.1) is 0 Å². The monoisotopic (exact) mass is 106 g/mol. The van der Waals surface area contributed by atoms with Gasteiger partial charge in [0.2, 0.25) is 0 Å². The van der Waals surface area contributed by atoms with Crippen molar-refractivity contribution in [1.82, 2.24) is 0 Å². The van der Waals surface area contributed by atoms with Crippen LogP contribution in [0, 0.1) is 0 Å². The van der Waals surface area contributed by atoms with Crippen LogP contribution in [-0.2, 0) is 0 Å². The van der Waals surface area contributed by atoms with Crippen molar-refractivity contribution in [2.75, 3.05) is 0 Å². The van der Waals surface area contributed by atoms with Gasteiger partial charge in [0, 0.05) is 0 Å². The van der Waals surface area contributed by atoms with Crippen LogP contribution in [0.5, 0.6) is 0 Å². The summed E-state index contributed by atoms with van der Waals surface area (Å²) in [6.45, 7) is 3.87. The molecule has 0 aromatic heterocycles. The number of aliphatic hydroxyl groups is 1. The highest BCUT2D eigenvalue weighted by Crippen LogP contribution is 1.91. The van der Waals surface area contributed by atoms with Gasteiger partial charge < -0.3 is 10.6 Å². The third-order valence-electron chi connectivity index (χ3n) is 0.706. The van der Waals surface area contributed by atoms with E-state index in [4.69, 9.17) is 5.11 Å². The van der Waals surface area contributed by atoms with Crippen molar-refractivity contribution in [3.05, 3.63) is 0 Å². The van der Waals surface area contributed by atoms with Crippen molar-refractivity contribution < 1.29 is 10.6 Å². The quantitative estimate of drug-likeness (QED) is 0.542.